The number of carbonyl (C=O) groups is 1. The molecule has 6 nitrogen and oxygen atoms in total. The topological polar surface area (TPSA) is 73.6 Å². The molecule has 1 aliphatic rings. The molecule has 1 unspecified atom stereocenters. The number of hydrogen-bond donors (Lipinski definition) is 3. The number of nitrogens with two attached hydrogens (primary N) is 1. The summed E-state index contributed by atoms with van der Waals surface area (Å²) in [6.07, 6.45) is 0.430. The van der Waals surface area contributed by atoms with Gasteiger partial charge in [0.15, 0.2) is 0 Å². The molecule has 0 aromatic carbocycles. The minimum atomic E-state index is 0.0251. The number of rotatable bonds is 5. The third-order valence-electron chi connectivity index (χ3n) is 2.86. The second-order valence-electron chi connectivity index (χ2n) is 4.23. The molecular weight excluding hydrogens is 206 g/mol. The summed E-state index contributed by atoms with van der Waals surface area (Å²) in [5.74, 6) is 0.0251. The molecule has 16 heavy (non-hydrogen) atoms. The second kappa shape index (κ2) is 6.80. The zero-order valence-electron chi connectivity index (χ0n) is 10.2. The summed E-state index contributed by atoms with van der Waals surface area (Å²) in [7, 11) is 3.76. The van der Waals surface area contributed by atoms with Gasteiger partial charge in [-0.2, -0.15) is 0 Å². The number of nitrogens with one attached hydrogen (secondary N) is 2. The lowest BCUT2D eigenvalue weighted by atomic mass is 10.2. The van der Waals surface area contributed by atoms with Crippen molar-refractivity contribution in [3.05, 3.63) is 0 Å². The van der Waals surface area contributed by atoms with Gasteiger partial charge in [0.25, 0.3) is 0 Å². The van der Waals surface area contributed by atoms with E-state index in [0.717, 1.165) is 26.2 Å². The quantitative estimate of drug-likeness (QED) is 0.519. The Labute approximate surface area is 97.1 Å². The van der Waals surface area contributed by atoms with Gasteiger partial charge in [0.1, 0.15) is 0 Å². The molecule has 0 saturated carbocycles. The normalized spacial score (nSPS) is 20.7. The van der Waals surface area contributed by atoms with E-state index < -0.39 is 0 Å². The van der Waals surface area contributed by atoms with E-state index in [1.54, 1.807) is 7.05 Å². The molecule has 1 amide bonds. The summed E-state index contributed by atoms with van der Waals surface area (Å²) >= 11 is 0. The van der Waals surface area contributed by atoms with Crippen LogP contribution in [0.25, 0.3) is 0 Å². The number of nitrogens with zero attached hydrogens (tertiary/aromatic N) is 2. The molecule has 1 rings (SSSR count). The summed E-state index contributed by atoms with van der Waals surface area (Å²) in [4.78, 5) is 13.5. The predicted octanol–water partition coefficient (Wildman–Crippen LogP) is -1.80. The van der Waals surface area contributed by atoms with Crippen LogP contribution in [0.2, 0.25) is 0 Å². The van der Waals surface area contributed by atoms with Gasteiger partial charge in [-0.25, -0.2) is 5.01 Å². The molecule has 0 aromatic rings. The van der Waals surface area contributed by atoms with Crippen molar-refractivity contribution in [2.45, 2.75) is 12.5 Å². The Morgan fingerprint density at radius 2 is 2.00 bits per heavy atom. The van der Waals surface area contributed by atoms with Gasteiger partial charge in [-0.1, -0.05) is 0 Å². The molecule has 0 aromatic heterocycles. The van der Waals surface area contributed by atoms with Crippen LogP contribution in [0.5, 0.6) is 0 Å². The largest absolute Gasteiger partial charge is 0.359 e. The molecule has 0 aliphatic carbocycles. The van der Waals surface area contributed by atoms with Crippen LogP contribution < -0.4 is 16.5 Å². The van der Waals surface area contributed by atoms with Gasteiger partial charge in [-0.3, -0.25) is 10.2 Å². The van der Waals surface area contributed by atoms with Crippen LogP contribution in [0.4, 0.5) is 0 Å². The Kier molecular flexibility index (Phi) is 5.68. The summed E-state index contributed by atoms with van der Waals surface area (Å²) in [5, 5.41) is 4.77. The maximum atomic E-state index is 11.2. The van der Waals surface area contributed by atoms with Crippen LogP contribution in [0.1, 0.15) is 6.42 Å². The average Bonchev–Trinajstić information content (AvgIpc) is 2.30. The summed E-state index contributed by atoms with van der Waals surface area (Å²) in [5.41, 5.74) is 8.95. The lowest BCUT2D eigenvalue weighted by Gasteiger charge is -2.35. The smallest absolute Gasteiger partial charge is 0.221 e. The van der Waals surface area contributed by atoms with Crippen LogP contribution in [0, 0.1) is 0 Å². The number of carbonyl (C=O) groups excluding carboxylic acids is 1. The fraction of sp³-hybridized carbons (Fsp3) is 0.900. The van der Waals surface area contributed by atoms with Crippen molar-refractivity contribution in [1.29, 1.82) is 0 Å². The Hall–Kier alpha value is -0.690. The molecule has 1 aliphatic heterocycles. The first kappa shape index (κ1) is 13.4. The van der Waals surface area contributed by atoms with Crippen molar-refractivity contribution in [2.75, 3.05) is 46.8 Å². The van der Waals surface area contributed by atoms with Gasteiger partial charge in [-0.15, -0.1) is 0 Å². The maximum absolute atomic E-state index is 11.2. The lowest BCUT2D eigenvalue weighted by Crippen LogP contribution is -2.56. The van der Waals surface area contributed by atoms with Crippen LogP contribution in [0.15, 0.2) is 0 Å². The molecule has 0 radical (unpaired) electrons. The summed E-state index contributed by atoms with van der Waals surface area (Å²) < 4.78 is 0. The monoisotopic (exact) mass is 229 g/mol. The molecule has 1 atom stereocenters. The molecule has 0 spiro atoms. The zero-order chi connectivity index (χ0) is 12.0. The fourth-order valence-electron chi connectivity index (χ4n) is 1.70. The first-order chi connectivity index (χ1) is 7.65. The Bertz CT molecular complexity index is 215. The number of amides is 1. The van der Waals surface area contributed by atoms with Crippen molar-refractivity contribution in [3.63, 3.8) is 0 Å². The summed E-state index contributed by atoms with van der Waals surface area (Å²) in [6.45, 7) is 4.51. The van der Waals surface area contributed by atoms with Crippen molar-refractivity contribution >= 4 is 5.91 Å². The third-order valence-corrected chi connectivity index (χ3v) is 2.86. The fourth-order valence-corrected chi connectivity index (χ4v) is 1.70. The Morgan fingerprint density at radius 1 is 1.38 bits per heavy atom. The van der Waals surface area contributed by atoms with Crippen LogP contribution >= 0.6 is 0 Å². The van der Waals surface area contributed by atoms with Crippen LogP contribution in [0.3, 0.4) is 0 Å². The van der Waals surface area contributed by atoms with E-state index in [1.807, 2.05) is 0 Å². The highest BCUT2D eigenvalue weighted by molar-refractivity contribution is 5.76. The Morgan fingerprint density at radius 3 is 2.50 bits per heavy atom. The van der Waals surface area contributed by atoms with Crippen molar-refractivity contribution in [3.8, 4) is 0 Å². The van der Waals surface area contributed by atoms with Crippen LogP contribution in [-0.4, -0.2) is 68.7 Å². The van der Waals surface area contributed by atoms with E-state index in [2.05, 4.69) is 27.7 Å². The number of hydrogen-bond acceptors (Lipinski definition) is 5. The van der Waals surface area contributed by atoms with Crippen LogP contribution in [-0.2, 0) is 4.79 Å². The maximum Gasteiger partial charge on any atom is 0.221 e. The molecular formula is C10H23N5O. The van der Waals surface area contributed by atoms with Gasteiger partial charge >= 0.3 is 0 Å². The zero-order valence-corrected chi connectivity index (χ0v) is 10.2. The minimum Gasteiger partial charge on any atom is -0.359 e. The van der Waals surface area contributed by atoms with Gasteiger partial charge < -0.3 is 16.0 Å². The van der Waals surface area contributed by atoms with E-state index in [1.165, 1.54) is 0 Å². The van der Waals surface area contributed by atoms with E-state index in [0.29, 0.717) is 13.0 Å². The minimum absolute atomic E-state index is 0.0251. The highest BCUT2D eigenvalue weighted by atomic mass is 16.1. The van der Waals surface area contributed by atoms with Gasteiger partial charge in [-0.05, 0) is 7.05 Å². The lowest BCUT2D eigenvalue weighted by molar-refractivity contribution is -0.121. The molecule has 1 heterocycles. The van der Waals surface area contributed by atoms with Gasteiger partial charge in [0, 0.05) is 52.2 Å². The second-order valence-corrected chi connectivity index (χ2v) is 4.23. The molecule has 6 heteroatoms. The first-order valence-electron chi connectivity index (χ1n) is 5.76. The third kappa shape index (κ3) is 4.44. The standard InChI is InChI=1S/C10H23N5O/c1-12-10(16)7-9(8-11)13-15-5-3-14(2)4-6-15/h9,13H,3-8,11H2,1-2H3,(H,12,16). The predicted molar refractivity (Wildman–Crippen MR) is 63.7 cm³/mol. The molecule has 1 saturated heterocycles. The van der Waals surface area contributed by atoms with Crippen molar-refractivity contribution in [1.82, 2.24) is 20.7 Å². The van der Waals surface area contributed by atoms with Crippen molar-refractivity contribution in [2.24, 2.45) is 5.73 Å². The molecule has 94 valence electrons. The van der Waals surface area contributed by atoms with E-state index in [-0.39, 0.29) is 11.9 Å². The van der Waals surface area contributed by atoms with E-state index >= 15 is 0 Å². The van der Waals surface area contributed by atoms with E-state index in [4.69, 9.17) is 5.73 Å². The molecule has 4 N–H and O–H groups in total. The molecule has 0 bridgehead atoms. The summed E-state index contributed by atoms with van der Waals surface area (Å²) in [6, 6.07) is 0.0309. The van der Waals surface area contributed by atoms with Crippen molar-refractivity contribution < 1.29 is 4.79 Å². The first-order valence-corrected chi connectivity index (χ1v) is 5.76. The van der Waals surface area contributed by atoms with Gasteiger partial charge in [0.2, 0.25) is 5.91 Å². The molecule has 1 fully saturated rings. The van der Waals surface area contributed by atoms with E-state index in [9.17, 15) is 4.79 Å². The highest BCUT2D eigenvalue weighted by Crippen LogP contribution is 1.98. The number of piperazine rings is 1. The Balaban J connectivity index is 2.29. The number of hydrazine groups is 1. The SMILES string of the molecule is CNC(=O)CC(CN)NN1CCN(C)CC1. The highest BCUT2D eigenvalue weighted by Gasteiger charge is 2.18. The average molecular weight is 229 g/mol. The van der Waals surface area contributed by atoms with Gasteiger partial charge in [0.05, 0.1) is 0 Å². The number of likely N-dealkylation sites (N-methyl/N-ethyl adjacent to an activating group) is 1.